The van der Waals surface area contributed by atoms with Gasteiger partial charge in [-0.05, 0) is 54.2 Å². The van der Waals surface area contributed by atoms with E-state index in [0.717, 1.165) is 21.8 Å². The molecule has 0 N–H and O–H groups in total. The Bertz CT molecular complexity index is 452. The van der Waals surface area contributed by atoms with E-state index in [0.29, 0.717) is 5.92 Å². The van der Waals surface area contributed by atoms with Gasteiger partial charge in [0.2, 0.25) is 0 Å². The number of benzene rings is 2. The highest BCUT2D eigenvalue weighted by Gasteiger charge is 2.08. The fourth-order valence-corrected chi connectivity index (χ4v) is 2.80. The fourth-order valence-electron chi connectivity index (χ4n) is 2.27. The third kappa shape index (κ3) is 4.77. The maximum Gasteiger partial charge on any atom is 0.0175 e. The maximum atomic E-state index is 3.48. The molecule has 0 fully saturated rings. The van der Waals surface area contributed by atoms with Crippen molar-refractivity contribution in [1.29, 1.82) is 0 Å². The van der Waals surface area contributed by atoms with Crippen LogP contribution < -0.4 is 0 Å². The quantitative estimate of drug-likeness (QED) is 0.593. The fraction of sp³-hybridized carbons (Fsp3) is 0.294. The van der Waals surface area contributed by atoms with Gasteiger partial charge >= 0.3 is 0 Å². The molecule has 0 aliphatic carbocycles. The third-order valence-electron chi connectivity index (χ3n) is 3.45. The molecule has 0 aliphatic rings. The van der Waals surface area contributed by atoms with Crippen molar-refractivity contribution in [3.05, 3.63) is 68.6 Å². The molecule has 0 unspecified atom stereocenters. The summed E-state index contributed by atoms with van der Waals surface area (Å²) in [6.07, 6.45) is 3.52. The van der Waals surface area contributed by atoms with E-state index in [1.165, 1.54) is 17.5 Å². The maximum absolute atomic E-state index is 3.48. The molecule has 0 saturated heterocycles. The van der Waals surface area contributed by atoms with Crippen molar-refractivity contribution in [2.24, 2.45) is 5.92 Å². The second-order valence-corrected chi connectivity index (χ2v) is 6.77. The first kappa shape index (κ1) is 14.8. The van der Waals surface area contributed by atoms with E-state index in [-0.39, 0.29) is 0 Å². The van der Waals surface area contributed by atoms with E-state index in [4.69, 9.17) is 0 Å². The van der Waals surface area contributed by atoms with Crippen molar-refractivity contribution in [3.8, 4) is 0 Å². The van der Waals surface area contributed by atoms with Crippen LogP contribution in [0.2, 0.25) is 0 Å². The van der Waals surface area contributed by atoms with Gasteiger partial charge in [-0.2, -0.15) is 0 Å². The van der Waals surface area contributed by atoms with Gasteiger partial charge in [-0.3, -0.25) is 0 Å². The molecule has 2 aromatic carbocycles. The lowest BCUT2D eigenvalue weighted by Crippen LogP contribution is -2.07. The summed E-state index contributed by atoms with van der Waals surface area (Å²) in [6.45, 7) is 2.28. The first-order chi connectivity index (χ1) is 9.17. The van der Waals surface area contributed by atoms with E-state index in [1.54, 1.807) is 0 Å². The van der Waals surface area contributed by atoms with Gasteiger partial charge < -0.3 is 0 Å². The van der Waals surface area contributed by atoms with Crippen LogP contribution >= 0.6 is 31.9 Å². The van der Waals surface area contributed by atoms with Crippen LogP contribution in [0.15, 0.2) is 57.5 Å². The smallest absolute Gasteiger partial charge is 0.0175 e. The molecular formula is C17H18Br2. The van der Waals surface area contributed by atoms with Crippen molar-refractivity contribution in [3.63, 3.8) is 0 Å². The lowest BCUT2D eigenvalue weighted by Gasteiger charge is -2.15. The zero-order valence-corrected chi connectivity index (χ0v) is 14.2. The molecule has 0 heterocycles. The van der Waals surface area contributed by atoms with E-state index >= 15 is 0 Å². The average molecular weight is 382 g/mol. The van der Waals surface area contributed by atoms with Gasteiger partial charge in [-0.15, -0.1) is 0 Å². The van der Waals surface area contributed by atoms with Gasteiger partial charge in [0, 0.05) is 8.95 Å². The number of hydrogen-bond donors (Lipinski definition) is 0. The summed E-state index contributed by atoms with van der Waals surface area (Å²) in [4.78, 5) is 0. The Hall–Kier alpha value is -0.600. The molecule has 19 heavy (non-hydrogen) atoms. The summed E-state index contributed by atoms with van der Waals surface area (Å²) >= 11 is 6.97. The number of hydrogen-bond acceptors (Lipinski definition) is 0. The van der Waals surface area contributed by atoms with E-state index in [9.17, 15) is 0 Å². The lowest BCUT2D eigenvalue weighted by atomic mass is 9.91. The summed E-state index contributed by atoms with van der Waals surface area (Å²) in [5, 5.41) is 0. The molecule has 0 radical (unpaired) electrons. The molecule has 0 aliphatic heterocycles. The predicted molar refractivity (Wildman–Crippen MR) is 89.5 cm³/mol. The molecule has 0 spiro atoms. The average Bonchev–Trinajstić information content (AvgIpc) is 2.43. The first-order valence-corrected chi connectivity index (χ1v) is 8.25. The molecule has 0 aromatic heterocycles. The lowest BCUT2D eigenvalue weighted by molar-refractivity contribution is 0.504. The summed E-state index contributed by atoms with van der Waals surface area (Å²) < 4.78 is 2.30. The summed E-state index contributed by atoms with van der Waals surface area (Å²) in [7, 11) is 0. The molecule has 2 rings (SSSR count). The minimum atomic E-state index is 0.711. The highest BCUT2D eigenvalue weighted by Crippen LogP contribution is 2.20. The normalized spacial score (nSPS) is 10.9. The van der Waals surface area contributed by atoms with Crippen LogP contribution in [0, 0.1) is 5.92 Å². The molecular weight excluding hydrogens is 364 g/mol. The molecule has 0 bridgehead atoms. The van der Waals surface area contributed by atoms with Crippen LogP contribution in [0.3, 0.4) is 0 Å². The molecule has 0 amide bonds. The van der Waals surface area contributed by atoms with E-state index < -0.39 is 0 Å². The van der Waals surface area contributed by atoms with Gasteiger partial charge in [0.25, 0.3) is 0 Å². The first-order valence-electron chi connectivity index (χ1n) is 6.66. The Balaban J connectivity index is 2.00. The molecule has 100 valence electrons. The Labute approximate surface area is 132 Å². The molecule has 2 heteroatoms. The zero-order valence-electron chi connectivity index (χ0n) is 11.1. The minimum Gasteiger partial charge on any atom is -0.0651 e. The Morgan fingerprint density at radius 3 is 1.42 bits per heavy atom. The minimum absolute atomic E-state index is 0.711. The van der Waals surface area contributed by atoms with Crippen LogP contribution in [0.5, 0.6) is 0 Å². The van der Waals surface area contributed by atoms with Crippen molar-refractivity contribution in [1.82, 2.24) is 0 Å². The van der Waals surface area contributed by atoms with Gasteiger partial charge in [-0.25, -0.2) is 0 Å². The van der Waals surface area contributed by atoms with Crippen molar-refractivity contribution >= 4 is 31.9 Å². The Morgan fingerprint density at radius 2 is 1.11 bits per heavy atom. The topological polar surface area (TPSA) is 0 Å². The highest BCUT2D eigenvalue weighted by atomic mass is 79.9. The summed E-state index contributed by atoms with van der Waals surface area (Å²) in [5.74, 6) is 0.711. The molecule has 2 aromatic rings. The summed E-state index contributed by atoms with van der Waals surface area (Å²) in [6, 6.07) is 17.4. The third-order valence-corrected chi connectivity index (χ3v) is 4.51. The van der Waals surface area contributed by atoms with Gasteiger partial charge in [0.05, 0.1) is 0 Å². The molecule has 0 atom stereocenters. The number of rotatable bonds is 5. The van der Waals surface area contributed by atoms with E-state index in [1.807, 2.05) is 0 Å². The number of halogens is 2. The largest absolute Gasteiger partial charge is 0.0651 e. The van der Waals surface area contributed by atoms with Crippen LogP contribution in [-0.2, 0) is 12.8 Å². The van der Waals surface area contributed by atoms with Gasteiger partial charge in [-0.1, -0.05) is 69.5 Å². The van der Waals surface area contributed by atoms with Gasteiger partial charge in [0.1, 0.15) is 0 Å². The SMILES string of the molecule is CCC(Cc1ccc(Br)cc1)Cc1ccc(Br)cc1. The Kier molecular flexibility index (Phi) is 5.65. The van der Waals surface area contributed by atoms with Crippen molar-refractivity contribution < 1.29 is 0 Å². The standard InChI is InChI=1S/C17H18Br2/c1-2-13(11-14-3-7-16(18)8-4-14)12-15-5-9-17(19)10-6-15/h3-10,13H,2,11-12H2,1H3. The Morgan fingerprint density at radius 1 is 0.737 bits per heavy atom. The van der Waals surface area contributed by atoms with Crippen molar-refractivity contribution in [2.75, 3.05) is 0 Å². The molecule has 0 nitrogen and oxygen atoms in total. The van der Waals surface area contributed by atoms with Crippen LogP contribution in [0.25, 0.3) is 0 Å². The highest BCUT2D eigenvalue weighted by molar-refractivity contribution is 9.10. The predicted octanol–water partition coefficient (Wildman–Crippen LogP) is 6.02. The second-order valence-electron chi connectivity index (χ2n) is 4.94. The van der Waals surface area contributed by atoms with Crippen molar-refractivity contribution in [2.45, 2.75) is 26.2 Å². The second kappa shape index (κ2) is 7.25. The van der Waals surface area contributed by atoms with Gasteiger partial charge in [0.15, 0.2) is 0 Å². The van der Waals surface area contributed by atoms with Crippen LogP contribution in [0.1, 0.15) is 24.5 Å². The summed E-state index contributed by atoms with van der Waals surface area (Å²) in [5.41, 5.74) is 2.85. The van der Waals surface area contributed by atoms with Crippen LogP contribution in [0.4, 0.5) is 0 Å². The zero-order chi connectivity index (χ0) is 13.7. The monoisotopic (exact) mass is 380 g/mol. The van der Waals surface area contributed by atoms with E-state index in [2.05, 4.69) is 87.3 Å². The molecule has 0 saturated carbocycles. The van der Waals surface area contributed by atoms with Crippen LogP contribution in [-0.4, -0.2) is 0 Å².